The van der Waals surface area contributed by atoms with Crippen molar-refractivity contribution in [2.75, 3.05) is 19.3 Å². The number of thioether (sulfide) groups is 1. The molecule has 1 N–H and O–H groups in total. The molecule has 1 rings (SSSR count). The fraction of sp³-hybridized carbons (Fsp3) is 0.917. The van der Waals surface area contributed by atoms with Crippen LogP contribution in [0.5, 0.6) is 0 Å². The number of carboxylic acid groups (broad SMARTS) is 1. The summed E-state index contributed by atoms with van der Waals surface area (Å²) in [6.45, 7) is 3.13. The lowest BCUT2D eigenvalue weighted by molar-refractivity contribution is -0.137. The van der Waals surface area contributed by atoms with Gasteiger partial charge in [0, 0.05) is 17.7 Å². The van der Waals surface area contributed by atoms with Gasteiger partial charge in [-0.25, -0.2) is 0 Å². The van der Waals surface area contributed by atoms with Gasteiger partial charge in [-0.1, -0.05) is 6.92 Å². The van der Waals surface area contributed by atoms with E-state index < -0.39 is 5.97 Å². The predicted octanol–water partition coefficient (Wildman–Crippen LogP) is 2.46. The van der Waals surface area contributed by atoms with Crippen LogP contribution in [-0.2, 0) is 4.79 Å². The summed E-state index contributed by atoms with van der Waals surface area (Å²) in [7, 11) is 2.13. The Kier molecular flexibility index (Phi) is 6.21. The number of aliphatic carboxylic acids is 1. The summed E-state index contributed by atoms with van der Waals surface area (Å²) in [4.78, 5) is 12.8. The third kappa shape index (κ3) is 4.74. The van der Waals surface area contributed by atoms with Crippen molar-refractivity contribution in [1.29, 1.82) is 0 Å². The highest BCUT2D eigenvalue weighted by atomic mass is 32.2. The first-order valence-corrected chi connectivity index (χ1v) is 7.22. The Balaban J connectivity index is 2.17. The summed E-state index contributed by atoms with van der Waals surface area (Å²) in [6.07, 6.45) is 4.95. The summed E-state index contributed by atoms with van der Waals surface area (Å²) >= 11 is 2.07. The predicted molar refractivity (Wildman–Crippen MR) is 69.1 cm³/mol. The summed E-state index contributed by atoms with van der Waals surface area (Å²) in [5, 5.41) is 9.41. The molecule has 16 heavy (non-hydrogen) atoms. The summed E-state index contributed by atoms with van der Waals surface area (Å²) in [5.41, 5.74) is 0. The standard InChI is InChI=1S/C12H23NO2S/c1-3-16-11-7-6-10(9-11)13(2)8-4-5-12(14)15/h10-11H,3-9H2,1-2H3,(H,14,15). The van der Waals surface area contributed by atoms with Crippen molar-refractivity contribution in [3.05, 3.63) is 0 Å². The zero-order valence-electron chi connectivity index (χ0n) is 10.3. The Bertz CT molecular complexity index is 223. The van der Waals surface area contributed by atoms with Crippen molar-refractivity contribution < 1.29 is 9.90 Å². The zero-order chi connectivity index (χ0) is 12.0. The highest BCUT2D eigenvalue weighted by molar-refractivity contribution is 7.99. The molecule has 3 nitrogen and oxygen atoms in total. The molecule has 94 valence electrons. The maximum absolute atomic E-state index is 10.4. The van der Waals surface area contributed by atoms with Crippen LogP contribution in [0.4, 0.5) is 0 Å². The summed E-state index contributed by atoms with van der Waals surface area (Å²) in [6, 6.07) is 0.679. The molecule has 0 aliphatic heterocycles. The minimum atomic E-state index is -0.681. The molecule has 1 saturated carbocycles. The second-order valence-electron chi connectivity index (χ2n) is 4.52. The van der Waals surface area contributed by atoms with Gasteiger partial charge in [0.15, 0.2) is 0 Å². The lowest BCUT2D eigenvalue weighted by Crippen LogP contribution is -2.30. The summed E-state index contributed by atoms with van der Waals surface area (Å²) in [5.74, 6) is 0.527. The van der Waals surface area contributed by atoms with E-state index in [2.05, 4.69) is 30.6 Å². The van der Waals surface area contributed by atoms with Gasteiger partial charge in [-0.3, -0.25) is 4.79 Å². The topological polar surface area (TPSA) is 40.5 Å². The van der Waals surface area contributed by atoms with Gasteiger partial charge in [0.2, 0.25) is 0 Å². The molecule has 1 aliphatic carbocycles. The van der Waals surface area contributed by atoms with Crippen molar-refractivity contribution >= 4 is 17.7 Å². The molecule has 0 spiro atoms. The molecule has 2 unspecified atom stereocenters. The highest BCUT2D eigenvalue weighted by Gasteiger charge is 2.26. The van der Waals surface area contributed by atoms with Gasteiger partial charge in [0.05, 0.1) is 0 Å². The van der Waals surface area contributed by atoms with Crippen LogP contribution in [0, 0.1) is 0 Å². The number of carbonyl (C=O) groups is 1. The van der Waals surface area contributed by atoms with Crippen molar-refractivity contribution in [2.45, 2.75) is 50.3 Å². The molecule has 0 bridgehead atoms. The van der Waals surface area contributed by atoms with Gasteiger partial charge >= 0.3 is 5.97 Å². The molecule has 2 atom stereocenters. The molecule has 0 saturated heterocycles. The Hall–Kier alpha value is -0.220. The molecule has 1 fully saturated rings. The molecule has 4 heteroatoms. The van der Waals surface area contributed by atoms with Crippen LogP contribution in [0.3, 0.4) is 0 Å². The van der Waals surface area contributed by atoms with E-state index in [9.17, 15) is 4.79 Å². The van der Waals surface area contributed by atoms with Gasteiger partial charge in [-0.2, -0.15) is 11.8 Å². The molecule has 0 amide bonds. The fourth-order valence-corrected chi connectivity index (χ4v) is 3.50. The van der Waals surface area contributed by atoms with Crippen LogP contribution in [-0.4, -0.2) is 46.6 Å². The average molecular weight is 245 g/mol. The second kappa shape index (κ2) is 7.17. The van der Waals surface area contributed by atoms with Crippen LogP contribution in [0.15, 0.2) is 0 Å². The van der Waals surface area contributed by atoms with E-state index in [0.717, 1.165) is 18.2 Å². The van der Waals surface area contributed by atoms with E-state index in [-0.39, 0.29) is 0 Å². The Morgan fingerprint density at radius 2 is 2.25 bits per heavy atom. The quantitative estimate of drug-likeness (QED) is 0.748. The minimum Gasteiger partial charge on any atom is -0.481 e. The number of hydrogen-bond acceptors (Lipinski definition) is 3. The van der Waals surface area contributed by atoms with E-state index >= 15 is 0 Å². The third-order valence-corrected chi connectivity index (χ3v) is 4.52. The van der Waals surface area contributed by atoms with Gasteiger partial charge in [-0.05, 0) is 45.0 Å². The normalized spacial score (nSPS) is 25.2. The molecule has 0 aromatic heterocycles. The highest BCUT2D eigenvalue weighted by Crippen LogP contribution is 2.32. The van der Waals surface area contributed by atoms with Gasteiger partial charge < -0.3 is 10.0 Å². The van der Waals surface area contributed by atoms with Crippen LogP contribution in [0.1, 0.15) is 39.0 Å². The monoisotopic (exact) mass is 245 g/mol. The maximum Gasteiger partial charge on any atom is 0.303 e. The van der Waals surface area contributed by atoms with Gasteiger partial charge in [0.1, 0.15) is 0 Å². The van der Waals surface area contributed by atoms with Crippen molar-refractivity contribution in [1.82, 2.24) is 4.90 Å². The van der Waals surface area contributed by atoms with Gasteiger partial charge in [0.25, 0.3) is 0 Å². The largest absolute Gasteiger partial charge is 0.481 e. The Morgan fingerprint density at radius 1 is 1.50 bits per heavy atom. The lowest BCUT2D eigenvalue weighted by atomic mass is 10.2. The first-order valence-electron chi connectivity index (χ1n) is 6.17. The first kappa shape index (κ1) is 13.8. The average Bonchev–Trinajstić information content (AvgIpc) is 2.66. The van der Waals surface area contributed by atoms with Crippen molar-refractivity contribution in [2.24, 2.45) is 0 Å². The van der Waals surface area contributed by atoms with E-state index in [0.29, 0.717) is 12.5 Å². The molecular weight excluding hydrogens is 222 g/mol. The minimum absolute atomic E-state index is 0.296. The fourth-order valence-electron chi connectivity index (χ4n) is 2.37. The Labute approximate surface area is 103 Å². The first-order chi connectivity index (χ1) is 7.63. The van der Waals surface area contributed by atoms with Crippen molar-refractivity contribution in [3.63, 3.8) is 0 Å². The van der Waals surface area contributed by atoms with E-state index in [1.807, 2.05) is 0 Å². The van der Waals surface area contributed by atoms with E-state index in [1.165, 1.54) is 25.0 Å². The summed E-state index contributed by atoms with van der Waals surface area (Å²) < 4.78 is 0. The molecule has 0 aromatic carbocycles. The Morgan fingerprint density at radius 3 is 2.88 bits per heavy atom. The van der Waals surface area contributed by atoms with Crippen LogP contribution < -0.4 is 0 Å². The number of hydrogen-bond donors (Lipinski definition) is 1. The van der Waals surface area contributed by atoms with E-state index in [1.54, 1.807) is 0 Å². The number of rotatable bonds is 7. The maximum atomic E-state index is 10.4. The molecule has 0 heterocycles. The van der Waals surface area contributed by atoms with Crippen molar-refractivity contribution in [3.8, 4) is 0 Å². The van der Waals surface area contributed by atoms with E-state index in [4.69, 9.17) is 5.11 Å². The SMILES string of the molecule is CCSC1CCC(N(C)CCCC(=O)O)C1. The second-order valence-corrected chi connectivity index (χ2v) is 6.10. The molecule has 0 aromatic rings. The van der Waals surface area contributed by atoms with Crippen LogP contribution in [0.25, 0.3) is 0 Å². The molecular formula is C12H23NO2S. The molecule has 0 radical (unpaired) electrons. The zero-order valence-corrected chi connectivity index (χ0v) is 11.1. The number of nitrogens with zero attached hydrogens (tertiary/aromatic N) is 1. The molecule has 1 aliphatic rings. The van der Waals surface area contributed by atoms with Gasteiger partial charge in [-0.15, -0.1) is 0 Å². The number of carboxylic acids is 1. The smallest absolute Gasteiger partial charge is 0.303 e. The van der Waals surface area contributed by atoms with Crippen LogP contribution in [0.2, 0.25) is 0 Å². The van der Waals surface area contributed by atoms with Crippen LogP contribution >= 0.6 is 11.8 Å². The lowest BCUT2D eigenvalue weighted by Gasteiger charge is -2.24. The third-order valence-electron chi connectivity index (χ3n) is 3.28.